The van der Waals surface area contributed by atoms with Gasteiger partial charge in [0.05, 0.1) is 16.6 Å². The second-order valence-electron chi connectivity index (χ2n) is 7.94. The van der Waals surface area contributed by atoms with Crippen molar-refractivity contribution in [2.24, 2.45) is 0 Å². The highest BCUT2D eigenvalue weighted by atomic mass is 16.2. The molecule has 168 valence electrons. The van der Waals surface area contributed by atoms with Crippen LogP contribution in [0.3, 0.4) is 0 Å². The third kappa shape index (κ3) is 4.43. The lowest BCUT2D eigenvalue weighted by Gasteiger charge is -2.14. The Bertz CT molecular complexity index is 1400. The molecule has 0 atom stereocenters. The van der Waals surface area contributed by atoms with Crippen LogP contribution < -0.4 is 16.2 Å². The molecule has 0 bridgehead atoms. The molecule has 0 saturated carbocycles. The van der Waals surface area contributed by atoms with Crippen molar-refractivity contribution in [3.05, 3.63) is 88.2 Å². The van der Waals surface area contributed by atoms with Gasteiger partial charge >= 0.3 is 0 Å². The number of amides is 2. The summed E-state index contributed by atoms with van der Waals surface area (Å²) in [6.45, 7) is 5.66. The number of nitrogens with one attached hydrogen (secondary N) is 2. The van der Waals surface area contributed by atoms with E-state index in [0.717, 1.165) is 16.8 Å². The molecule has 2 amide bonds. The normalized spacial score (nSPS) is 10.9. The number of nitrogens with zero attached hydrogens (tertiary/aromatic N) is 2. The van der Waals surface area contributed by atoms with Crippen LogP contribution in [0, 0.1) is 13.8 Å². The topological polar surface area (TPSA) is 85.1 Å². The lowest BCUT2D eigenvalue weighted by atomic mass is 10.1. The molecule has 33 heavy (non-hydrogen) atoms. The van der Waals surface area contributed by atoms with Gasteiger partial charge < -0.3 is 10.6 Å². The number of hydrogen-bond acceptors (Lipinski definition) is 3. The van der Waals surface area contributed by atoms with Crippen LogP contribution >= 0.6 is 0 Å². The molecule has 0 spiro atoms. The van der Waals surface area contributed by atoms with Crippen LogP contribution in [0.1, 0.15) is 24.5 Å². The van der Waals surface area contributed by atoms with Crippen LogP contribution in [0.2, 0.25) is 0 Å². The van der Waals surface area contributed by atoms with Crippen molar-refractivity contribution >= 4 is 34.1 Å². The molecule has 3 aromatic carbocycles. The number of aromatic nitrogens is 2. The highest BCUT2D eigenvalue weighted by Crippen LogP contribution is 2.21. The summed E-state index contributed by atoms with van der Waals surface area (Å²) in [4.78, 5) is 38.2. The highest BCUT2D eigenvalue weighted by molar-refractivity contribution is 5.95. The summed E-state index contributed by atoms with van der Waals surface area (Å²) < 4.78 is 3.16. The zero-order valence-electron chi connectivity index (χ0n) is 18.9. The number of anilines is 2. The van der Waals surface area contributed by atoms with Crippen LogP contribution in [0.4, 0.5) is 11.4 Å². The fraction of sp³-hybridized carbons (Fsp3) is 0.192. The van der Waals surface area contributed by atoms with Crippen molar-refractivity contribution < 1.29 is 9.59 Å². The molecule has 0 fully saturated rings. The van der Waals surface area contributed by atoms with E-state index in [1.54, 1.807) is 29.8 Å². The minimum absolute atomic E-state index is 0.0539. The highest BCUT2D eigenvalue weighted by Gasteiger charge is 2.18. The third-order valence-electron chi connectivity index (χ3n) is 5.72. The fourth-order valence-corrected chi connectivity index (χ4v) is 3.79. The van der Waals surface area contributed by atoms with E-state index in [1.807, 2.05) is 62.4 Å². The maximum Gasteiger partial charge on any atom is 0.279 e. The fourth-order valence-electron chi connectivity index (χ4n) is 3.79. The first-order valence-electron chi connectivity index (χ1n) is 10.9. The molecule has 0 radical (unpaired) electrons. The Morgan fingerprint density at radius 2 is 1.64 bits per heavy atom. The van der Waals surface area contributed by atoms with E-state index in [1.165, 1.54) is 4.68 Å². The van der Waals surface area contributed by atoms with Gasteiger partial charge in [0.1, 0.15) is 6.54 Å². The zero-order valence-corrected chi connectivity index (χ0v) is 18.9. The van der Waals surface area contributed by atoms with Gasteiger partial charge in [-0.25, -0.2) is 4.68 Å². The standard InChI is InChI=1S/C26H26N4O3/c1-4-24(31)27-19-13-14-23-21(15-19)26(33)30(20-10-6-5-7-11-20)29(23)16-25(32)28-22-12-8-9-17(2)18(22)3/h5-15H,4,16H2,1-3H3,(H,27,31)(H,28,32). The van der Waals surface area contributed by atoms with Gasteiger partial charge in [0.2, 0.25) is 11.8 Å². The Kier molecular flexibility index (Phi) is 6.13. The molecule has 2 N–H and O–H groups in total. The Balaban J connectivity index is 1.78. The molecule has 7 nitrogen and oxygen atoms in total. The lowest BCUT2D eigenvalue weighted by molar-refractivity contribution is -0.117. The summed E-state index contributed by atoms with van der Waals surface area (Å²) in [6.07, 6.45) is 0.339. The number of aryl methyl sites for hydroxylation is 1. The second kappa shape index (κ2) is 9.16. The van der Waals surface area contributed by atoms with Crippen molar-refractivity contribution in [3.8, 4) is 5.69 Å². The monoisotopic (exact) mass is 442 g/mol. The zero-order chi connectivity index (χ0) is 23.5. The number of fused-ring (bicyclic) bond motifs is 1. The van der Waals surface area contributed by atoms with Crippen molar-refractivity contribution in [2.75, 3.05) is 10.6 Å². The lowest BCUT2D eigenvalue weighted by Crippen LogP contribution is -2.27. The molecule has 4 aromatic rings. The Morgan fingerprint density at radius 1 is 0.879 bits per heavy atom. The first-order chi connectivity index (χ1) is 15.9. The first-order valence-corrected chi connectivity index (χ1v) is 10.9. The van der Waals surface area contributed by atoms with Gasteiger partial charge in [-0.2, -0.15) is 0 Å². The number of para-hydroxylation sites is 1. The van der Waals surface area contributed by atoms with Crippen molar-refractivity contribution in [1.82, 2.24) is 9.36 Å². The molecule has 1 heterocycles. The van der Waals surface area contributed by atoms with Crippen molar-refractivity contribution in [2.45, 2.75) is 33.7 Å². The van der Waals surface area contributed by atoms with Gasteiger partial charge in [0.15, 0.2) is 0 Å². The largest absolute Gasteiger partial charge is 0.326 e. The van der Waals surface area contributed by atoms with Gasteiger partial charge in [0.25, 0.3) is 5.56 Å². The minimum atomic E-state index is -0.261. The second-order valence-corrected chi connectivity index (χ2v) is 7.94. The predicted octanol–water partition coefficient (Wildman–Crippen LogP) is 4.40. The molecule has 4 rings (SSSR count). The molecule has 7 heteroatoms. The first kappa shape index (κ1) is 22.1. The molecule has 0 aliphatic heterocycles. The molecule has 0 aliphatic rings. The van der Waals surface area contributed by atoms with Crippen molar-refractivity contribution in [3.63, 3.8) is 0 Å². The van der Waals surface area contributed by atoms with Crippen LogP contribution in [0.25, 0.3) is 16.6 Å². The number of carbonyl (C=O) groups excluding carboxylic acids is 2. The SMILES string of the molecule is CCC(=O)Nc1ccc2c(c1)c(=O)n(-c1ccccc1)n2CC(=O)Nc1cccc(C)c1C. The van der Waals surface area contributed by atoms with Crippen LogP contribution in [-0.2, 0) is 16.1 Å². The molecule has 0 saturated heterocycles. The number of benzene rings is 3. The van der Waals surface area contributed by atoms with Gasteiger partial charge in [0, 0.05) is 17.8 Å². The van der Waals surface area contributed by atoms with E-state index in [2.05, 4.69) is 10.6 Å². The minimum Gasteiger partial charge on any atom is -0.326 e. The number of carbonyl (C=O) groups is 2. The van der Waals surface area contributed by atoms with Gasteiger partial charge in [-0.1, -0.05) is 37.3 Å². The van der Waals surface area contributed by atoms with Crippen LogP contribution in [0.15, 0.2) is 71.5 Å². The predicted molar refractivity (Wildman–Crippen MR) is 131 cm³/mol. The van der Waals surface area contributed by atoms with Crippen LogP contribution in [-0.4, -0.2) is 21.2 Å². The Labute approximate surface area is 191 Å². The number of hydrogen-bond donors (Lipinski definition) is 2. The average molecular weight is 443 g/mol. The smallest absolute Gasteiger partial charge is 0.279 e. The molecular weight excluding hydrogens is 416 g/mol. The van der Waals surface area contributed by atoms with E-state index < -0.39 is 0 Å². The molecule has 1 aromatic heterocycles. The van der Waals surface area contributed by atoms with Gasteiger partial charge in [-0.05, 0) is 61.4 Å². The van der Waals surface area contributed by atoms with E-state index in [4.69, 9.17) is 0 Å². The van der Waals surface area contributed by atoms with E-state index in [-0.39, 0.29) is 23.9 Å². The van der Waals surface area contributed by atoms with E-state index in [0.29, 0.717) is 28.7 Å². The summed E-state index contributed by atoms with van der Waals surface area (Å²) in [7, 11) is 0. The molecular formula is C26H26N4O3. The van der Waals surface area contributed by atoms with Gasteiger partial charge in [-0.3, -0.25) is 19.1 Å². The Morgan fingerprint density at radius 3 is 2.36 bits per heavy atom. The van der Waals surface area contributed by atoms with E-state index >= 15 is 0 Å². The van der Waals surface area contributed by atoms with Gasteiger partial charge in [-0.15, -0.1) is 0 Å². The summed E-state index contributed by atoms with van der Waals surface area (Å²) in [6, 6.07) is 20.1. The van der Waals surface area contributed by atoms with Crippen molar-refractivity contribution in [1.29, 1.82) is 0 Å². The molecule has 0 aliphatic carbocycles. The summed E-state index contributed by atoms with van der Waals surface area (Å²) in [5, 5.41) is 6.18. The average Bonchev–Trinajstić information content (AvgIpc) is 3.08. The summed E-state index contributed by atoms with van der Waals surface area (Å²) in [5.74, 6) is -0.376. The van der Waals surface area contributed by atoms with Crippen LogP contribution in [0.5, 0.6) is 0 Å². The summed E-state index contributed by atoms with van der Waals surface area (Å²) in [5.41, 5.74) is 4.37. The maximum atomic E-state index is 13.4. The van der Waals surface area contributed by atoms with E-state index in [9.17, 15) is 14.4 Å². The molecule has 0 unspecified atom stereocenters. The Hall–Kier alpha value is -4.13. The number of rotatable bonds is 6. The third-order valence-corrected chi connectivity index (χ3v) is 5.72. The quantitative estimate of drug-likeness (QED) is 0.464. The summed E-state index contributed by atoms with van der Waals surface area (Å²) >= 11 is 0. The maximum absolute atomic E-state index is 13.4.